The molecule has 5 nitrogen and oxygen atoms in total. The summed E-state index contributed by atoms with van der Waals surface area (Å²) in [6.45, 7) is 10.8. The molecule has 0 bridgehead atoms. The Hall–Kier alpha value is -1.36. The summed E-state index contributed by atoms with van der Waals surface area (Å²) < 4.78 is 0. The number of likely N-dealkylation sites (tertiary alicyclic amines) is 1. The van der Waals surface area contributed by atoms with Crippen molar-refractivity contribution in [2.24, 2.45) is 11.8 Å². The lowest BCUT2D eigenvalue weighted by atomic mass is 9.94. The third kappa shape index (κ3) is 4.84. The third-order valence-electron chi connectivity index (χ3n) is 4.11. The van der Waals surface area contributed by atoms with Crippen LogP contribution in [0.5, 0.6) is 0 Å². The van der Waals surface area contributed by atoms with Crippen LogP contribution in [0.3, 0.4) is 0 Å². The van der Waals surface area contributed by atoms with E-state index in [1.165, 1.54) is 32.5 Å². The highest BCUT2D eigenvalue weighted by Crippen LogP contribution is 2.20. The molecule has 0 aromatic carbocycles. The number of imidazole rings is 1. The fraction of sp³-hybridized carbons (Fsp3) is 0.750. The van der Waals surface area contributed by atoms with E-state index in [9.17, 15) is 4.79 Å². The molecule has 0 saturated carbocycles. The van der Waals surface area contributed by atoms with Gasteiger partial charge in [0.1, 0.15) is 5.69 Å². The molecule has 1 aromatic heterocycles. The molecule has 1 atom stereocenters. The van der Waals surface area contributed by atoms with Crippen molar-refractivity contribution in [3.05, 3.63) is 17.7 Å². The summed E-state index contributed by atoms with van der Waals surface area (Å²) in [4.78, 5) is 21.5. The number of nitrogens with zero attached hydrogens (tertiary/aromatic N) is 2. The predicted molar refractivity (Wildman–Crippen MR) is 84.3 cm³/mol. The van der Waals surface area contributed by atoms with Crippen LogP contribution in [-0.2, 0) is 0 Å². The van der Waals surface area contributed by atoms with Crippen molar-refractivity contribution in [2.75, 3.05) is 26.2 Å². The Balaban J connectivity index is 1.71. The van der Waals surface area contributed by atoms with E-state index in [4.69, 9.17) is 0 Å². The van der Waals surface area contributed by atoms with Crippen LogP contribution >= 0.6 is 0 Å². The molecule has 0 spiro atoms. The second kappa shape index (κ2) is 7.59. The summed E-state index contributed by atoms with van der Waals surface area (Å²) in [5, 5.41) is 2.99. The maximum atomic E-state index is 12.0. The van der Waals surface area contributed by atoms with Crippen LogP contribution in [-0.4, -0.2) is 47.0 Å². The van der Waals surface area contributed by atoms with Crippen molar-refractivity contribution in [1.82, 2.24) is 20.2 Å². The van der Waals surface area contributed by atoms with Crippen LogP contribution < -0.4 is 5.32 Å². The monoisotopic (exact) mass is 292 g/mol. The summed E-state index contributed by atoms with van der Waals surface area (Å²) in [6.07, 6.45) is 5.19. The average Bonchev–Trinajstić information content (AvgIpc) is 2.84. The summed E-state index contributed by atoms with van der Waals surface area (Å²) in [6, 6.07) is 0. The van der Waals surface area contributed by atoms with Crippen molar-refractivity contribution in [2.45, 2.75) is 40.0 Å². The highest BCUT2D eigenvalue weighted by atomic mass is 16.1. The summed E-state index contributed by atoms with van der Waals surface area (Å²) >= 11 is 0. The van der Waals surface area contributed by atoms with E-state index in [1.54, 1.807) is 6.33 Å². The standard InChI is InChI=1S/C16H28N4O/c1-12(2)9-20-8-4-5-14(10-20)6-7-17-16(21)15-13(3)18-11-19-15/h11-12,14H,4-10H2,1-3H3,(H,17,21)(H,18,19)/t14-/m0/s1. The minimum Gasteiger partial charge on any atom is -0.351 e. The van der Waals surface area contributed by atoms with Gasteiger partial charge in [0.25, 0.3) is 5.91 Å². The molecule has 0 aliphatic carbocycles. The highest BCUT2D eigenvalue weighted by molar-refractivity contribution is 5.93. The van der Waals surface area contributed by atoms with Gasteiger partial charge in [0.05, 0.1) is 6.33 Å². The number of carbonyl (C=O) groups is 1. The lowest BCUT2D eigenvalue weighted by Gasteiger charge is -2.33. The van der Waals surface area contributed by atoms with Gasteiger partial charge in [-0.05, 0) is 44.6 Å². The summed E-state index contributed by atoms with van der Waals surface area (Å²) in [7, 11) is 0. The number of rotatable bonds is 6. The molecule has 0 radical (unpaired) electrons. The first-order valence-corrected chi connectivity index (χ1v) is 8.06. The van der Waals surface area contributed by atoms with E-state index < -0.39 is 0 Å². The molecule has 118 valence electrons. The van der Waals surface area contributed by atoms with Gasteiger partial charge in [0.2, 0.25) is 0 Å². The van der Waals surface area contributed by atoms with Gasteiger partial charge in [-0.3, -0.25) is 4.79 Å². The quantitative estimate of drug-likeness (QED) is 0.845. The van der Waals surface area contributed by atoms with Crippen LogP contribution in [0.25, 0.3) is 0 Å². The SMILES string of the molecule is Cc1[nH]cnc1C(=O)NCC[C@@H]1CCCN(CC(C)C)C1. The minimum absolute atomic E-state index is 0.0661. The molecule has 1 aliphatic rings. The van der Waals surface area contributed by atoms with Gasteiger partial charge in [-0.1, -0.05) is 13.8 Å². The van der Waals surface area contributed by atoms with Crippen molar-refractivity contribution < 1.29 is 4.79 Å². The largest absolute Gasteiger partial charge is 0.351 e. The molecule has 1 aliphatic heterocycles. The van der Waals surface area contributed by atoms with Gasteiger partial charge in [-0.2, -0.15) is 0 Å². The van der Waals surface area contributed by atoms with Gasteiger partial charge >= 0.3 is 0 Å². The van der Waals surface area contributed by atoms with E-state index in [0.29, 0.717) is 11.6 Å². The van der Waals surface area contributed by atoms with Crippen LogP contribution in [0.4, 0.5) is 0 Å². The Morgan fingerprint density at radius 2 is 2.38 bits per heavy atom. The zero-order chi connectivity index (χ0) is 15.2. The molecule has 1 aromatic rings. The number of piperidine rings is 1. The smallest absolute Gasteiger partial charge is 0.271 e. The number of carbonyl (C=O) groups excluding carboxylic acids is 1. The van der Waals surface area contributed by atoms with Gasteiger partial charge in [0, 0.05) is 25.3 Å². The lowest BCUT2D eigenvalue weighted by Crippen LogP contribution is -2.39. The Kier molecular flexibility index (Phi) is 5.79. The van der Waals surface area contributed by atoms with Crippen LogP contribution in [0.15, 0.2) is 6.33 Å². The number of aromatic amines is 1. The molecular weight excluding hydrogens is 264 g/mol. The van der Waals surface area contributed by atoms with Gasteiger partial charge < -0.3 is 15.2 Å². The number of hydrogen-bond acceptors (Lipinski definition) is 3. The fourth-order valence-corrected chi connectivity index (χ4v) is 3.13. The van der Waals surface area contributed by atoms with Crippen LogP contribution in [0.1, 0.15) is 49.3 Å². The first kappa shape index (κ1) is 16.0. The minimum atomic E-state index is -0.0661. The molecular formula is C16H28N4O. The topological polar surface area (TPSA) is 61.0 Å². The van der Waals surface area contributed by atoms with E-state index in [-0.39, 0.29) is 5.91 Å². The number of aromatic nitrogens is 2. The zero-order valence-electron chi connectivity index (χ0n) is 13.5. The van der Waals surface area contributed by atoms with Crippen molar-refractivity contribution in [3.63, 3.8) is 0 Å². The second-order valence-corrected chi connectivity index (χ2v) is 6.58. The summed E-state index contributed by atoms with van der Waals surface area (Å²) in [5.41, 5.74) is 1.34. The molecule has 2 heterocycles. The fourth-order valence-electron chi connectivity index (χ4n) is 3.13. The lowest BCUT2D eigenvalue weighted by molar-refractivity contribution is 0.0941. The molecule has 1 saturated heterocycles. The number of hydrogen-bond donors (Lipinski definition) is 2. The Morgan fingerprint density at radius 3 is 3.05 bits per heavy atom. The van der Waals surface area contributed by atoms with Crippen molar-refractivity contribution >= 4 is 5.91 Å². The number of aryl methyl sites for hydroxylation is 1. The molecule has 2 N–H and O–H groups in total. The first-order valence-electron chi connectivity index (χ1n) is 8.06. The van der Waals surface area contributed by atoms with Gasteiger partial charge in [-0.25, -0.2) is 4.98 Å². The second-order valence-electron chi connectivity index (χ2n) is 6.58. The average molecular weight is 292 g/mol. The zero-order valence-corrected chi connectivity index (χ0v) is 13.5. The van der Waals surface area contributed by atoms with E-state index in [2.05, 4.69) is 34.0 Å². The van der Waals surface area contributed by atoms with E-state index >= 15 is 0 Å². The molecule has 5 heteroatoms. The molecule has 21 heavy (non-hydrogen) atoms. The highest BCUT2D eigenvalue weighted by Gasteiger charge is 2.20. The number of H-pyrrole nitrogens is 1. The van der Waals surface area contributed by atoms with Crippen LogP contribution in [0, 0.1) is 18.8 Å². The third-order valence-corrected chi connectivity index (χ3v) is 4.11. The van der Waals surface area contributed by atoms with Crippen molar-refractivity contribution in [1.29, 1.82) is 0 Å². The number of nitrogens with one attached hydrogen (secondary N) is 2. The number of amides is 1. The summed E-state index contributed by atoms with van der Waals surface area (Å²) in [5.74, 6) is 1.37. The first-order chi connectivity index (χ1) is 10.1. The normalized spacial score (nSPS) is 19.9. The Morgan fingerprint density at radius 1 is 1.57 bits per heavy atom. The van der Waals surface area contributed by atoms with Gasteiger partial charge in [-0.15, -0.1) is 0 Å². The van der Waals surface area contributed by atoms with E-state index in [1.807, 2.05) is 6.92 Å². The maximum absolute atomic E-state index is 12.0. The van der Waals surface area contributed by atoms with Crippen LogP contribution in [0.2, 0.25) is 0 Å². The molecule has 1 amide bonds. The maximum Gasteiger partial charge on any atom is 0.271 e. The van der Waals surface area contributed by atoms with Gasteiger partial charge in [0.15, 0.2) is 0 Å². The predicted octanol–water partition coefficient (Wildman–Crippen LogP) is 2.21. The molecule has 1 fully saturated rings. The van der Waals surface area contributed by atoms with E-state index in [0.717, 1.165) is 24.6 Å². The van der Waals surface area contributed by atoms with Crippen molar-refractivity contribution in [3.8, 4) is 0 Å². The molecule has 0 unspecified atom stereocenters. The Bertz CT molecular complexity index is 455. The Labute approximate surface area is 127 Å². The molecule has 2 rings (SSSR count).